The van der Waals surface area contributed by atoms with Crippen LogP contribution in [0, 0.1) is 17.8 Å². The zero-order chi connectivity index (χ0) is 18.1. The van der Waals surface area contributed by atoms with E-state index in [-0.39, 0.29) is 11.9 Å². The van der Waals surface area contributed by atoms with Crippen molar-refractivity contribution in [1.82, 2.24) is 15.1 Å². The van der Waals surface area contributed by atoms with Crippen molar-refractivity contribution in [3.8, 4) is 0 Å². The predicted octanol–water partition coefficient (Wildman–Crippen LogP) is 2.23. The molecule has 1 saturated carbocycles. The quantitative estimate of drug-likeness (QED) is 0.818. The highest BCUT2D eigenvalue weighted by atomic mass is 16.5. The SMILES string of the molecule is CC(=O)N1CCCCCC1C1CCN(C(=O)N[C@@H]2C[C@@H]3COC[C@@H]32)CC1. The average molecular weight is 364 g/mol. The first-order valence-corrected chi connectivity index (χ1v) is 10.5. The Balaban J connectivity index is 1.27. The average Bonchev–Trinajstić information content (AvgIpc) is 2.85. The normalized spacial score (nSPS) is 35.4. The van der Waals surface area contributed by atoms with Crippen molar-refractivity contribution in [2.24, 2.45) is 17.8 Å². The molecule has 4 rings (SSSR count). The molecule has 0 aromatic heterocycles. The zero-order valence-electron chi connectivity index (χ0n) is 16.0. The van der Waals surface area contributed by atoms with Crippen molar-refractivity contribution < 1.29 is 14.3 Å². The van der Waals surface area contributed by atoms with E-state index in [1.54, 1.807) is 6.92 Å². The van der Waals surface area contributed by atoms with Crippen LogP contribution in [0.2, 0.25) is 0 Å². The summed E-state index contributed by atoms with van der Waals surface area (Å²) in [7, 11) is 0. The number of hydrogen-bond acceptors (Lipinski definition) is 3. The van der Waals surface area contributed by atoms with Gasteiger partial charge in [-0.3, -0.25) is 4.79 Å². The molecule has 4 aliphatic rings. The second-order valence-corrected chi connectivity index (χ2v) is 8.71. The van der Waals surface area contributed by atoms with Gasteiger partial charge in [0.05, 0.1) is 6.61 Å². The summed E-state index contributed by atoms with van der Waals surface area (Å²) in [6, 6.07) is 0.786. The van der Waals surface area contributed by atoms with E-state index in [1.807, 2.05) is 4.90 Å². The van der Waals surface area contributed by atoms with E-state index in [1.165, 1.54) is 12.8 Å². The smallest absolute Gasteiger partial charge is 0.317 e. The molecule has 3 aliphatic heterocycles. The first-order valence-electron chi connectivity index (χ1n) is 10.5. The van der Waals surface area contributed by atoms with Crippen LogP contribution in [-0.4, -0.2) is 66.7 Å². The van der Waals surface area contributed by atoms with Gasteiger partial charge in [-0.1, -0.05) is 12.8 Å². The second-order valence-electron chi connectivity index (χ2n) is 8.71. The number of piperidine rings is 1. The zero-order valence-corrected chi connectivity index (χ0v) is 16.0. The number of carbonyl (C=O) groups excluding carboxylic acids is 2. The monoisotopic (exact) mass is 363 g/mol. The van der Waals surface area contributed by atoms with Gasteiger partial charge >= 0.3 is 6.03 Å². The van der Waals surface area contributed by atoms with Gasteiger partial charge in [-0.25, -0.2) is 4.79 Å². The van der Waals surface area contributed by atoms with E-state index in [0.29, 0.717) is 29.8 Å². The first-order chi connectivity index (χ1) is 12.6. The van der Waals surface area contributed by atoms with Crippen LogP contribution in [0.15, 0.2) is 0 Å². The molecule has 26 heavy (non-hydrogen) atoms. The Kier molecular flexibility index (Phi) is 5.39. The summed E-state index contributed by atoms with van der Waals surface area (Å²) in [6.45, 7) is 5.93. The summed E-state index contributed by atoms with van der Waals surface area (Å²) in [5, 5.41) is 3.23. The van der Waals surface area contributed by atoms with E-state index in [4.69, 9.17) is 4.74 Å². The van der Waals surface area contributed by atoms with Crippen LogP contribution in [-0.2, 0) is 9.53 Å². The summed E-state index contributed by atoms with van der Waals surface area (Å²) >= 11 is 0. The number of urea groups is 1. The molecule has 0 bridgehead atoms. The Morgan fingerprint density at radius 1 is 0.962 bits per heavy atom. The molecule has 146 valence electrons. The molecule has 0 aromatic rings. The van der Waals surface area contributed by atoms with Crippen molar-refractivity contribution in [1.29, 1.82) is 0 Å². The Morgan fingerprint density at radius 3 is 2.50 bits per heavy atom. The Hall–Kier alpha value is -1.30. The molecule has 0 aromatic carbocycles. The molecular weight excluding hydrogens is 330 g/mol. The molecule has 4 fully saturated rings. The molecule has 3 saturated heterocycles. The van der Waals surface area contributed by atoms with Crippen molar-refractivity contribution >= 4 is 11.9 Å². The van der Waals surface area contributed by atoms with Gasteiger partial charge in [0.15, 0.2) is 0 Å². The fourth-order valence-corrected chi connectivity index (χ4v) is 5.53. The molecule has 6 nitrogen and oxygen atoms in total. The maximum Gasteiger partial charge on any atom is 0.317 e. The summed E-state index contributed by atoms with van der Waals surface area (Å²) in [4.78, 5) is 28.8. The molecule has 4 atom stereocenters. The maximum absolute atomic E-state index is 12.6. The third-order valence-corrected chi connectivity index (χ3v) is 7.20. The Labute approximate surface area is 156 Å². The van der Waals surface area contributed by atoms with Crippen molar-refractivity contribution in [2.45, 2.75) is 64.0 Å². The van der Waals surface area contributed by atoms with Gasteiger partial charge in [-0.05, 0) is 43.9 Å². The van der Waals surface area contributed by atoms with Crippen LogP contribution in [0.1, 0.15) is 51.9 Å². The minimum Gasteiger partial charge on any atom is -0.381 e. The molecule has 3 amide bonds. The van der Waals surface area contributed by atoms with E-state index in [2.05, 4.69) is 10.2 Å². The predicted molar refractivity (Wildman–Crippen MR) is 98.7 cm³/mol. The van der Waals surface area contributed by atoms with E-state index < -0.39 is 0 Å². The standard InChI is InChI=1S/C20H33N3O3/c1-14(24)23-8-4-2-3-5-19(23)15-6-9-22(10-7-15)20(25)21-18-11-16-12-26-13-17(16)18/h15-19H,2-13H2,1H3,(H,21,25)/t16-,17+,18-,19?/m1/s1. The number of hydrogen-bond donors (Lipinski definition) is 1. The van der Waals surface area contributed by atoms with Gasteiger partial charge in [0.1, 0.15) is 0 Å². The molecule has 0 spiro atoms. The van der Waals surface area contributed by atoms with Gasteiger partial charge < -0.3 is 19.9 Å². The molecule has 3 heterocycles. The van der Waals surface area contributed by atoms with Gasteiger partial charge in [-0.15, -0.1) is 0 Å². The van der Waals surface area contributed by atoms with Gasteiger partial charge in [0.2, 0.25) is 5.91 Å². The summed E-state index contributed by atoms with van der Waals surface area (Å²) in [6.07, 6.45) is 7.81. The molecule has 1 N–H and O–H groups in total. The fourth-order valence-electron chi connectivity index (χ4n) is 5.53. The van der Waals surface area contributed by atoms with Crippen LogP contribution in [0.4, 0.5) is 4.79 Å². The van der Waals surface area contributed by atoms with Gasteiger partial charge in [-0.2, -0.15) is 0 Å². The third kappa shape index (κ3) is 3.57. The third-order valence-electron chi connectivity index (χ3n) is 7.20. The minimum absolute atomic E-state index is 0.100. The number of ether oxygens (including phenoxy) is 1. The number of carbonyl (C=O) groups is 2. The number of nitrogens with zero attached hydrogens (tertiary/aromatic N) is 2. The number of fused-ring (bicyclic) bond motifs is 1. The van der Waals surface area contributed by atoms with E-state index >= 15 is 0 Å². The van der Waals surface area contributed by atoms with Gasteiger partial charge in [0.25, 0.3) is 0 Å². The van der Waals surface area contributed by atoms with Gasteiger partial charge in [0, 0.05) is 51.2 Å². The molecule has 1 unspecified atom stereocenters. The van der Waals surface area contributed by atoms with Crippen molar-refractivity contribution in [3.63, 3.8) is 0 Å². The van der Waals surface area contributed by atoms with E-state index in [9.17, 15) is 9.59 Å². The first kappa shape index (κ1) is 18.1. The lowest BCUT2D eigenvalue weighted by molar-refractivity contribution is -0.132. The van der Waals surface area contributed by atoms with Crippen LogP contribution >= 0.6 is 0 Å². The topological polar surface area (TPSA) is 61.9 Å². The number of amides is 3. The van der Waals surface area contributed by atoms with Crippen LogP contribution < -0.4 is 5.32 Å². The van der Waals surface area contributed by atoms with Crippen LogP contribution in [0.25, 0.3) is 0 Å². The summed E-state index contributed by atoms with van der Waals surface area (Å²) in [5.41, 5.74) is 0. The maximum atomic E-state index is 12.6. The number of likely N-dealkylation sites (tertiary alicyclic amines) is 2. The molecule has 0 radical (unpaired) electrons. The Morgan fingerprint density at radius 2 is 1.77 bits per heavy atom. The second kappa shape index (κ2) is 7.75. The molecular formula is C20H33N3O3. The Bertz CT molecular complexity index is 532. The summed E-state index contributed by atoms with van der Waals surface area (Å²) in [5.74, 6) is 1.96. The minimum atomic E-state index is 0.100. The molecule has 6 heteroatoms. The molecule has 1 aliphatic carbocycles. The summed E-state index contributed by atoms with van der Waals surface area (Å²) < 4.78 is 5.51. The lowest BCUT2D eigenvalue weighted by Gasteiger charge is -2.43. The lowest BCUT2D eigenvalue weighted by Crippen LogP contribution is -2.56. The van der Waals surface area contributed by atoms with Crippen molar-refractivity contribution in [2.75, 3.05) is 32.8 Å². The fraction of sp³-hybridized carbons (Fsp3) is 0.900. The number of nitrogens with one attached hydrogen (secondary N) is 1. The lowest BCUT2D eigenvalue weighted by atomic mass is 9.71. The largest absolute Gasteiger partial charge is 0.381 e. The highest BCUT2D eigenvalue weighted by Crippen LogP contribution is 2.39. The van der Waals surface area contributed by atoms with Crippen LogP contribution in [0.5, 0.6) is 0 Å². The van der Waals surface area contributed by atoms with Crippen molar-refractivity contribution in [3.05, 3.63) is 0 Å². The number of rotatable bonds is 2. The van der Waals surface area contributed by atoms with Crippen LogP contribution in [0.3, 0.4) is 0 Å². The van der Waals surface area contributed by atoms with E-state index in [0.717, 1.165) is 65.0 Å². The highest BCUT2D eigenvalue weighted by molar-refractivity contribution is 5.75. The highest BCUT2D eigenvalue weighted by Gasteiger charge is 2.46.